The first kappa shape index (κ1) is 36.7. The van der Waals surface area contributed by atoms with Gasteiger partial charge in [-0.15, -0.1) is 0 Å². The van der Waals surface area contributed by atoms with Crippen LogP contribution in [0.5, 0.6) is 0 Å². The summed E-state index contributed by atoms with van der Waals surface area (Å²) in [6.07, 6.45) is 10.3. The molecule has 0 fully saturated rings. The number of hydrogen-bond acceptors (Lipinski definition) is 6. The Balaban J connectivity index is 3.10. The number of carbonyl (C=O) groups is 4. The molecule has 0 atom stereocenters. The summed E-state index contributed by atoms with van der Waals surface area (Å²) in [4.78, 5) is 54.2. The van der Waals surface area contributed by atoms with Crippen LogP contribution < -0.4 is 0 Å². The Morgan fingerprint density at radius 1 is 0.523 bits per heavy atom. The van der Waals surface area contributed by atoms with Crippen molar-refractivity contribution in [3.8, 4) is 0 Å². The second kappa shape index (κ2) is 13.2. The Bertz CT molecular complexity index is 1250. The highest BCUT2D eigenvalue weighted by Gasteiger charge is 2.36. The van der Waals surface area contributed by atoms with Gasteiger partial charge in [0.2, 0.25) is 0 Å². The average molecular weight is 605 g/mol. The molecule has 0 radical (unpaired) electrons. The van der Waals surface area contributed by atoms with Gasteiger partial charge < -0.3 is 9.47 Å². The molecular weight excluding hydrogens is 552 g/mol. The topological polar surface area (TPSA) is 86.7 Å². The molecule has 6 nitrogen and oxygen atoms in total. The Labute approximate surface area is 264 Å². The Morgan fingerprint density at radius 3 is 0.932 bits per heavy atom. The van der Waals surface area contributed by atoms with E-state index in [1.54, 1.807) is 50.3 Å². The molecule has 2 aliphatic carbocycles. The smallest absolute Gasteiger partial charge is 0.339 e. The van der Waals surface area contributed by atoms with Crippen molar-refractivity contribution in [1.82, 2.24) is 0 Å². The molecule has 6 heteroatoms. The first-order valence-electron chi connectivity index (χ1n) is 15.4. The summed E-state index contributed by atoms with van der Waals surface area (Å²) < 4.78 is 10.9. The Hall–Kier alpha value is -3.54. The predicted octanol–water partition coefficient (Wildman–Crippen LogP) is 8.32. The molecule has 240 valence electrons. The fourth-order valence-electron chi connectivity index (χ4n) is 4.94. The van der Waals surface area contributed by atoms with E-state index in [0.29, 0.717) is 33.4 Å². The van der Waals surface area contributed by atoms with Crippen LogP contribution in [0.4, 0.5) is 0 Å². The highest BCUT2D eigenvalue weighted by Crippen LogP contribution is 2.41. The third kappa shape index (κ3) is 8.77. The number of carbonyl (C=O) groups excluding carboxylic acids is 4. The Morgan fingerprint density at radius 2 is 0.750 bits per heavy atom. The van der Waals surface area contributed by atoms with E-state index < -0.39 is 33.6 Å². The third-order valence-electron chi connectivity index (χ3n) is 7.36. The van der Waals surface area contributed by atoms with E-state index in [0.717, 1.165) is 0 Å². The molecule has 0 bridgehead atoms. The molecule has 0 N–H and O–H groups in total. The summed E-state index contributed by atoms with van der Waals surface area (Å²) in [7, 11) is 0. The van der Waals surface area contributed by atoms with Crippen molar-refractivity contribution in [2.75, 3.05) is 13.2 Å². The zero-order chi connectivity index (χ0) is 34.0. The van der Waals surface area contributed by atoms with Crippen LogP contribution in [-0.4, -0.2) is 36.7 Å². The molecule has 0 aliphatic heterocycles. The summed E-state index contributed by atoms with van der Waals surface area (Å²) in [6.45, 7) is 27.2. The van der Waals surface area contributed by atoms with Crippen LogP contribution in [-0.2, 0) is 28.7 Å². The minimum absolute atomic E-state index is 0.00415. The van der Waals surface area contributed by atoms with Crippen LogP contribution >= 0.6 is 0 Å². The van der Waals surface area contributed by atoms with Gasteiger partial charge in [0.25, 0.3) is 0 Å². The van der Waals surface area contributed by atoms with Crippen LogP contribution in [0.3, 0.4) is 0 Å². The second-order valence-corrected chi connectivity index (χ2v) is 15.4. The lowest BCUT2D eigenvalue weighted by Crippen LogP contribution is -2.28. The molecule has 0 aromatic heterocycles. The predicted molar refractivity (Wildman–Crippen MR) is 177 cm³/mol. The first-order valence-corrected chi connectivity index (χ1v) is 15.4. The maximum absolute atomic E-state index is 13.6. The van der Waals surface area contributed by atoms with Crippen molar-refractivity contribution in [3.05, 3.63) is 81.0 Å². The van der Waals surface area contributed by atoms with Crippen LogP contribution in [0.1, 0.15) is 96.9 Å². The van der Waals surface area contributed by atoms with Gasteiger partial charge >= 0.3 is 11.9 Å². The zero-order valence-corrected chi connectivity index (χ0v) is 29.3. The number of Topliss-reactive ketones (excluding diaryl/α,β-unsaturated/α-hetero) is 2. The van der Waals surface area contributed by atoms with Crippen molar-refractivity contribution >= 4 is 23.5 Å². The lowest BCUT2D eigenvalue weighted by Gasteiger charge is -2.31. The fraction of sp³-hybridized carbons (Fsp3) is 0.526. The van der Waals surface area contributed by atoms with Crippen molar-refractivity contribution in [1.29, 1.82) is 0 Å². The molecule has 44 heavy (non-hydrogen) atoms. The molecule has 0 aromatic rings. The summed E-state index contributed by atoms with van der Waals surface area (Å²) >= 11 is 0. The van der Waals surface area contributed by atoms with Crippen LogP contribution in [0.15, 0.2) is 81.0 Å². The lowest BCUT2D eigenvalue weighted by molar-refractivity contribution is -0.141. The van der Waals surface area contributed by atoms with E-state index in [1.165, 1.54) is 0 Å². The lowest BCUT2D eigenvalue weighted by atomic mass is 9.71. The fourth-order valence-corrected chi connectivity index (χ4v) is 4.94. The zero-order valence-electron chi connectivity index (χ0n) is 29.3. The molecule has 0 unspecified atom stereocenters. The molecule has 0 aromatic carbocycles. The third-order valence-corrected chi connectivity index (χ3v) is 7.36. The highest BCUT2D eigenvalue weighted by atomic mass is 16.5. The molecular formula is C38H52O6. The van der Waals surface area contributed by atoms with E-state index >= 15 is 0 Å². The van der Waals surface area contributed by atoms with Crippen molar-refractivity contribution < 1.29 is 28.7 Å². The van der Waals surface area contributed by atoms with Crippen molar-refractivity contribution in [2.45, 2.75) is 96.9 Å². The standard InChI is InChI=1S/C38H52O6/c1-15-43-33(41)25(17-23-19-27(35(3,4)5)31(39)28(20-23)36(6,7)8)26(34(42)44-16-2)18-24-21-29(37(9,10)11)32(40)30(22-24)38(12,13)14/h17-22H,15-16H2,1-14H3/b26-25-. The number of esters is 2. The average Bonchev–Trinajstić information content (AvgIpc) is 2.85. The van der Waals surface area contributed by atoms with Crippen LogP contribution in [0.2, 0.25) is 0 Å². The van der Waals surface area contributed by atoms with E-state index in [9.17, 15) is 19.2 Å². The van der Waals surface area contributed by atoms with E-state index in [4.69, 9.17) is 9.47 Å². The molecule has 0 heterocycles. The van der Waals surface area contributed by atoms with Gasteiger partial charge in [-0.2, -0.15) is 0 Å². The first-order chi connectivity index (χ1) is 19.9. The van der Waals surface area contributed by atoms with Gasteiger partial charge in [0.1, 0.15) is 0 Å². The molecule has 0 spiro atoms. The van der Waals surface area contributed by atoms with Gasteiger partial charge in [0, 0.05) is 22.3 Å². The molecule has 0 amide bonds. The monoisotopic (exact) mass is 604 g/mol. The number of rotatable bonds is 6. The van der Waals surface area contributed by atoms with Gasteiger partial charge in [-0.25, -0.2) is 9.59 Å². The summed E-state index contributed by atoms with van der Waals surface area (Å²) in [5.74, 6) is -1.47. The number of hydrogen-bond donors (Lipinski definition) is 0. The van der Waals surface area contributed by atoms with Gasteiger partial charge in [-0.05, 0) is 83.1 Å². The molecule has 0 saturated carbocycles. The van der Waals surface area contributed by atoms with Crippen molar-refractivity contribution in [2.24, 2.45) is 21.7 Å². The SMILES string of the molecule is CCOC(=O)/C(C=C1C=C(C(C)(C)C)C(=O)C(C(C)(C)C)=C1)=C(/C=C1C=C(C(C)(C)C)C(=O)C(C(C)(C)C)=C1)C(=O)OCC. The van der Waals surface area contributed by atoms with E-state index in [-0.39, 0.29) is 35.9 Å². The van der Waals surface area contributed by atoms with Crippen LogP contribution in [0, 0.1) is 21.7 Å². The van der Waals surface area contributed by atoms with Gasteiger partial charge in [0.05, 0.1) is 24.4 Å². The van der Waals surface area contributed by atoms with Gasteiger partial charge in [-0.3, -0.25) is 9.59 Å². The number of ketones is 2. The van der Waals surface area contributed by atoms with Crippen molar-refractivity contribution in [3.63, 3.8) is 0 Å². The van der Waals surface area contributed by atoms with Crippen LogP contribution in [0.25, 0.3) is 0 Å². The minimum atomic E-state index is -0.694. The molecule has 0 saturated heterocycles. The second-order valence-electron chi connectivity index (χ2n) is 15.4. The van der Waals surface area contributed by atoms with E-state index in [2.05, 4.69) is 0 Å². The normalized spacial score (nSPS) is 17.2. The summed E-state index contributed by atoms with van der Waals surface area (Å²) in [5, 5.41) is 0. The highest BCUT2D eigenvalue weighted by molar-refractivity contribution is 6.13. The summed E-state index contributed by atoms with van der Waals surface area (Å²) in [6, 6.07) is 0. The van der Waals surface area contributed by atoms with Gasteiger partial charge in [0.15, 0.2) is 11.6 Å². The molecule has 2 aliphatic rings. The quantitative estimate of drug-likeness (QED) is 0.224. The Kier molecular flexibility index (Phi) is 11.0. The number of allylic oxidation sites excluding steroid dienone is 10. The maximum atomic E-state index is 13.6. The molecule has 2 rings (SSSR count). The van der Waals surface area contributed by atoms with Gasteiger partial charge in [-0.1, -0.05) is 83.1 Å². The van der Waals surface area contributed by atoms with E-state index in [1.807, 2.05) is 83.1 Å². The minimum Gasteiger partial charge on any atom is -0.462 e. The summed E-state index contributed by atoms with van der Waals surface area (Å²) in [5.41, 5.74) is 1.79. The largest absolute Gasteiger partial charge is 0.462 e. The number of ether oxygens (including phenoxy) is 2. The maximum Gasteiger partial charge on any atom is 0.339 e.